The molecule has 2 aliphatic rings. The van der Waals surface area contributed by atoms with Gasteiger partial charge in [-0.25, -0.2) is 0 Å². The van der Waals surface area contributed by atoms with Gasteiger partial charge in [-0.05, 0) is 49.7 Å². The second-order valence-electron chi connectivity index (χ2n) is 6.51. The van der Waals surface area contributed by atoms with Crippen molar-refractivity contribution in [3.63, 3.8) is 0 Å². The van der Waals surface area contributed by atoms with Crippen molar-refractivity contribution in [3.8, 4) is 0 Å². The van der Waals surface area contributed by atoms with E-state index in [1.807, 2.05) is 6.07 Å². The fourth-order valence-electron chi connectivity index (χ4n) is 3.13. The van der Waals surface area contributed by atoms with E-state index in [1.54, 1.807) is 6.26 Å². The Bertz CT molecular complexity index is 387. The topological polar surface area (TPSA) is 34.4 Å². The molecule has 1 N–H and O–H groups in total. The molecule has 3 heteroatoms. The van der Waals surface area contributed by atoms with Gasteiger partial charge in [-0.15, -0.1) is 0 Å². The molecule has 1 unspecified atom stereocenters. The number of hydrogen-bond donors (Lipinski definition) is 1. The zero-order valence-electron chi connectivity index (χ0n) is 11.4. The quantitative estimate of drug-likeness (QED) is 0.825. The number of ether oxygens (including phenoxy) is 1. The Morgan fingerprint density at radius 2 is 2.00 bits per heavy atom. The van der Waals surface area contributed by atoms with Gasteiger partial charge in [0.25, 0.3) is 0 Å². The van der Waals surface area contributed by atoms with Crippen molar-refractivity contribution in [2.45, 2.75) is 57.7 Å². The largest absolute Gasteiger partial charge is 0.468 e. The third-order valence-corrected chi connectivity index (χ3v) is 4.52. The van der Waals surface area contributed by atoms with Crippen LogP contribution in [-0.4, -0.2) is 12.3 Å². The maximum absolute atomic E-state index is 6.08. The monoisotopic (exact) mass is 249 g/mol. The van der Waals surface area contributed by atoms with Gasteiger partial charge in [0.2, 0.25) is 0 Å². The highest BCUT2D eigenvalue weighted by Crippen LogP contribution is 2.43. The molecule has 0 radical (unpaired) electrons. The molecule has 3 rings (SSSR count). The van der Waals surface area contributed by atoms with Crippen LogP contribution in [0.4, 0.5) is 0 Å². The highest BCUT2D eigenvalue weighted by molar-refractivity contribution is 5.07. The van der Waals surface area contributed by atoms with Crippen LogP contribution >= 0.6 is 0 Å². The zero-order valence-corrected chi connectivity index (χ0v) is 11.4. The Labute approximate surface area is 109 Å². The Balaban J connectivity index is 1.71. The number of nitrogens with one attached hydrogen (secondary N) is 1. The van der Waals surface area contributed by atoms with Gasteiger partial charge in [0, 0.05) is 0 Å². The molecule has 100 valence electrons. The van der Waals surface area contributed by atoms with E-state index in [2.05, 4.69) is 25.2 Å². The van der Waals surface area contributed by atoms with Gasteiger partial charge in [-0.3, -0.25) is 5.32 Å². The Morgan fingerprint density at radius 3 is 2.67 bits per heavy atom. The number of hydrogen-bond acceptors (Lipinski definition) is 3. The molecule has 2 fully saturated rings. The van der Waals surface area contributed by atoms with Crippen molar-refractivity contribution in [1.82, 2.24) is 5.32 Å². The molecule has 1 saturated heterocycles. The van der Waals surface area contributed by atoms with Gasteiger partial charge >= 0.3 is 0 Å². The summed E-state index contributed by atoms with van der Waals surface area (Å²) < 4.78 is 11.6. The molecule has 1 aromatic heterocycles. The zero-order chi connectivity index (χ0) is 12.6. The fourth-order valence-corrected chi connectivity index (χ4v) is 3.13. The van der Waals surface area contributed by atoms with Crippen molar-refractivity contribution < 1.29 is 9.15 Å². The summed E-state index contributed by atoms with van der Waals surface area (Å²) in [6, 6.07) is 4.34. The van der Waals surface area contributed by atoms with Gasteiger partial charge in [0.1, 0.15) is 11.5 Å². The second kappa shape index (κ2) is 4.39. The highest BCUT2D eigenvalue weighted by Gasteiger charge is 2.43. The smallest absolute Gasteiger partial charge is 0.120 e. The summed E-state index contributed by atoms with van der Waals surface area (Å²) in [5, 5.41) is 3.69. The van der Waals surface area contributed by atoms with Crippen LogP contribution in [-0.2, 0) is 4.74 Å². The lowest BCUT2D eigenvalue weighted by atomic mass is 9.73. The van der Waals surface area contributed by atoms with Crippen LogP contribution in [0.5, 0.6) is 0 Å². The standard InChI is InChI=1S/C15H23NO2/c1-14(2)6-8-15(9-7-14)16-12(5-11-18-15)13-4-3-10-17-13/h3-4,10,12,16H,5-9,11H2,1-2H3. The molecule has 0 aromatic carbocycles. The van der Waals surface area contributed by atoms with E-state index in [4.69, 9.17) is 9.15 Å². The lowest BCUT2D eigenvalue weighted by Crippen LogP contribution is -2.55. The first-order chi connectivity index (χ1) is 8.59. The van der Waals surface area contributed by atoms with E-state index in [0.29, 0.717) is 11.5 Å². The van der Waals surface area contributed by atoms with E-state index in [-0.39, 0.29) is 5.72 Å². The molecule has 1 aliphatic carbocycles. The summed E-state index contributed by atoms with van der Waals surface area (Å²) in [6.07, 6.45) is 7.42. The van der Waals surface area contributed by atoms with Crippen LogP contribution in [0.25, 0.3) is 0 Å². The number of furan rings is 1. The van der Waals surface area contributed by atoms with Crippen LogP contribution in [0.2, 0.25) is 0 Å². The third kappa shape index (κ3) is 2.34. The van der Waals surface area contributed by atoms with E-state index < -0.39 is 0 Å². The van der Waals surface area contributed by atoms with Gasteiger partial charge < -0.3 is 9.15 Å². The lowest BCUT2D eigenvalue weighted by molar-refractivity contribution is -0.145. The summed E-state index contributed by atoms with van der Waals surface area (Å²) in [5.41, 5.74) is 0.360. The molecule has 1 atom stereocenters. The first-order valence-corrected chi connectivity index (χ1v) is 7.04. The van der Waals surface area contributed by atoms with Crippen LogP contribution in [0.1, 0.15) is 57.8 Å². The minimum Gasteiger partial charge on any atom is -0.468 e. The molecular formula is C15H23NO2. The molecule has 3 nitrogen and oxygen atoms in total. The maximum Gasteiger partial charge on any atom is 0.120 e. The molecule has 1 aromatic rings. The Kier molecular flexibility index (Phi) is 2.99. The predicted molar refractivity (Wildman–Crippen MR) is 70.1 cm³/mol. The summed E-state index contributed by atoms with van der Waals surface area (Å²) in [6.45, 7) is 5.54. The van der Waals surface area contributed by atoms with Crippen LogP contribution in [0.3, 0.4) is 0 Å². The SMILES string of the molecule is CC1(C)CCC2(CC1)NC(c1ccco1)CCO2. The first kappa shape index (κ1) is 12.2. The molecule has 18 heavy (non-hydrogen) atoms. The third-order valence-electron chi connectivity index (χ3n) is 4.52. The molecule has 0 amide bonds. The van der Waals surface area contributed by atoms with Gasteiger partial charge in [-0.2, -0.15) is 0 Å². The van der Waals surface area contributed by atoms with Gasteiger partial charge in [-0.1, -0.05) is 13.8 Å². The van der Waals surface area contributed by atoms with Crippen LogP contribution in [0.15, 0.2) is 22.8 Å². The van der Waals surface area contributed by atoms with E-state index in [1.165, 1.54) is 12.8 Å². The molecule has 2 heterocycles. The van der Waals surface area contributed by atoms with E-state index in [0.717, 1.165) is 31.6 Å². The first-order valence-electron chi connectivity index (χ1n) is 7.04. The van der Waals surface area contributed by atoms with E-state index >= 15 is 0 Å². The normalized spacial score (nSPS) is 30.4. The lowest BCUT2D eigenvalue weighted by Gasteiger charge is -2.48. The summed E-state index contributed by atoms with van der Waals surface area (Å²) in [4.78, 5) is 0. The molecule has 1 saturated carbocycles. The van der Waals surface area contributed by atoms with Crippen molar-refractivity contribution in [2.75, 3.05) is 6.61 Å². The van der Waals surface area contributed by atoms with Gasteiger partial charge in [0.05, 0.1) is 18.9 Å². The Morgan fingerprint density at radius 1 is 1.22 bits per heavy atom. The van der Waals surface area contributed by atoms with Crippen molar-refractivity contribution >= 4 is 0 Å². The van der Waals surface area contributed by atoms with Crippen molar-refractivity contribution in [2.24, 2.45) is 5.41 Å². The maximum atomic E-state index is 6.08. The van der Waals surface area contributed by atoms with Crippen LogP contribution < -0.4 is 5.32 Å². The second-order valence-corrected chi connectivity index (χ2v) is 6.51. The van der Waals surface area contributed by atoms with Crippen molar-refractivity contribution in [1.29, 1.82) is 0 Å². The summed E-state index contributed by atoms with van der Waals surface area (Å²) >= 11 is 0. The molecular weight excluding hydrogens is 226 g/mol. The minimum atomic E-state index is -0.106. The predicted octanol–water partition coefficient (Wildman–Crippen LogP) is 3.63. The molecule has 0 bridgehead atoms. The molecule has 1 aliphatic heterocycles. The van der Waals surface area contributed by atoms with Crippen molar-refractivity contribution in [3.05, 3.63) is 24.2 Å². The van der Waals surface area contributed by atoms with E-state index in [9.17, 15) is 0 Å². The summed E-state index contributed by atoms with van der Waals surface area (Å²) in [5.74, 6) is 1.04. The number of rotatable bonds is 1. The van der Waals surface area contributed by atoms with Gasteiger partial charge in [0.15, 0.2) is 0 Å². The molecule has 1 spiro atoms. The highest BCUT2D eigenvalue weighted by atomic mass is 16.5. The average molecular weight is 249 g/mol. The Hall–Kier alpha value is -0.800. The average Bonchev–Trinajstić information content (AvgIpc) is 2.88. The fraction of sp³-hybridized carbons (Fsp3) is 0.733. The summed E-state index contributed by atoms with van der Waals surface area (Å²) in [7, 11) is 0. The minimum absolute atomic E-state index is 0.106. The van der Waals surface area contributed by atoms with Crippen LogP contribution in [0, 0.1) is 5.41 Å².